The molecule has 3 fully saturated rings. The number of fused-ring (bicyclic) bond motifs is 1. The van der Waals surface area contributed by atoms with Gasteiger partial charge in [0.1, 0.15) is 0 Å². The molecule has 1 aromatic rings. The molecule has 1 aromatic heterocycles. The molecule has 0 unspecified atom stereocenters. The van der Waals surface area contributed by atoms with Gasteiger partial charge in [0, 0.05) is 43.5 Å². The lowest BCUT2D eigenvalue weighted by Gasteiger charge is -2.57. The number of nitrogens with zero attached hydrogens (tertiary/aromatic N) is 3. The van der Waals surface area contributed by atoms with E-state index in [1.165, 1.54) is 51.5 Å². The van der Waals surface area contributed by atoms with Crippen LogP contribution >= 0.6 is 0 Å². The van der Waals surface area contributed by atoms with E-state index in [1.54, 1.807) is 11.7 Å². The number of rotatable bonds is 3. The highest BCUT2D eigenvalue weighted by atomic mass is 16.5. The number of likely N-dealkylation sites (tertiary alicyclic amines) is 1. The van der Waals surface area contributed by atoms with Crippen LogP contribution in [0.15, 0.2) is 12.3 Å². The molecule has 1 atom stereocenters. The Kier molecular flexibility index (Phi) is 4.03. The normalized spacial score (nSPS) is 28.4. The van der Waals surface area contributed by atoms with Crippen molar-refractivity contribution in [3.63, 3.8) is 0 Å². The molecule has 5 rings (SSSR count). The molecule has 0 bridgehead atoms. The number of amides is 1. The minimum Gasteiger partial charge on any atom is -0.295 e. The van der Waals surface area contributed by atoms with Gasteiger partial charge in [0.2, 0.25) is 0 Å². The second-order valence-corrected chi connectivity index (χ2v) is 8.64. The van der Waals surface area contributed by atoms with Crippen molar-refractivity contribution in [2.75, 3.05) is 13.1 Å². The largest absolute Gasteiger partial charge is 0.295 e. The predicted molar refractivity (Wildman–Crippen MR) is 96.9 cm³/mol. The molecule has 0 aromatic carbocycles. The number of pyridine rings is 1. The first-order valence-corrected chi connectivity index (χ1v) is 10.1. The van der Waals surface area contributed by atoms with Crippen LogP contribution in [0.25, 0.3) is 0 Å². The fourth-order valence-corrected chi connectivity index (χ4v) is 5.46. The zero-order valence-electron chi connectivity index (χ0n) is 15.3. The van der Waals surface area contributed by atoms with Crippen molar-refractivity contribution in [1.82, 2.24) is 20.3 Å². The lowest BCUT2D eigenvalue weighted by molar-refractivity contribution is -0.0591. The van der Waals surface area contributed by atoms with E-state index >= 15 is 0 Å². The summed E-state index contributed by atoms with van der Waals surface area (Å²) in [5.41, 5.74) is 4.88. The van der Waals surface area contributed by atoms with Crippen molar-refractivity contribution in [1.29, 1.82) is 0 Å². The van der Waals surface area contributed by atoms with Crippen LogP contribution in [0.3, 0.4) is 0 Å². The predicted octanol–water partition coefficient (Wildman–Crippen LogP) is 2.11. The maximum absolute atomic E-state index is 11.6. The number of hydrogen-bond acceptors (Lipinski definition) is 5. The van der Waals surface area contributed by atoms with Gasteiger partial charge in [-0.1, -0.05) is 0 Å². The van der Waals surface area contributed by atoms with Crippen LogP contribution in [0.4, 0.5) is 0 Å². The van der Waals surface area contributed by atoms with Crippen LogP contribution in [0, 0.1) is 0 Å². The average Bonchev–Trinajstić information content (AvgIpc) is 3.49. The fraction of sp³-hybridized carbons (Fsp3) is 0.700. The molecule has 140 valence electrons. The summed E-state index contributed by atoms with van der Waals surface area (Å²) in [6.45, 7) is 3.20. The highest BCUT2D eigenvalue weighted by molar-refractivity contribution is 5.93. The number of hydroxylamine groups is 1. The maximum Gasteiger partial charge on any atom is 0.276 e. The van der Waals surface area contributed by atoms with Gasteiger partial charge < -0.3 is 0 Å². The summed E-state index contributed by atoms with van der Waals surface area (Å²) < 4.78 is 0. The molecule has 1 amide bonds. The molecule has 2 aliphatic carbocycles. The van der Waals surface area contributed by atoms with Gasteiger partial charge in [-0.05, 0) is 63.0 Å². The van der Waals surface area contributed by atoms with Crippen LogP contribution in [-0.2, 0) is 13.0 Å². The third kappa shape index (κ3) is 2.75. The van der Waals surface area contributed by atoms with Crippen molar-refractivity contribution in [3.8, 4) is 0 Å². The van der Waals surface area contributed by atoms with Gasteiger partial charge in [0.25, 0.3) is 5.91 Å². The van der Waals surface area contributed by atoms with Gasteiger partial charge in [-0.2, -0.15) is 0 Å². The first kappa shape index (κ1) is 16.7. The Hall–Kier alpha value is -1.50. The van der Waals surface area contributed by atoms with E-state index in [1.807, 2.05) is 6.07 Å². The Morgan fingerprint density at radius 3 is 2.77 bits per heavy atom. The van der Waals surface area contributed by atoms with Gasteiger partial charge >= 0.3 is 0 Å². The summed E-state index contributed by atoms with van der Waals surface area (Å²) in [5.74, 6) is -0.484. The van der Waals surface area contributed by atoms with Crippen molar-refractivity contribution in [3.05, 3.63) is 29.1 Å². The number of nitrogens with one attached hydrogen (secondary N) is 1. The topological polar surface area (TPSA) is 68.7 Å². The van der Waals surface area contributed by atoms with Crippen molar-refractivity contribution in [2.24, 2.45) is 0 Å². The average molecular weight is 356 g/mol. The fourth-order valence-electron chi connectivity index (χ4n) is 5.46. The summed E-state index contributed by atoms with van der Waals surface area (Å²) in [4.78, 5) is 21.6. The third-order valence-corrected chi connectivity index (χ3v) is 7.16. The molecule has 4 aliphatic rings. The summed E-state index contributed by atoms with van der Waals surface area (Å²) in [6, 6.07) is 3.44. The SMILES string of the molecule is O=C(NO)c1cnc2c(c1)CCN([C@@H]1CCN(C3CC3)C3(CCC3)C1)C2. The number of piperidine rings is 1. The highest BCUT2D eigenvalue weighted by Gasteiger charge is 2.51. The van der Waals surface area contributed by atoms with Crippen molar-refractivity contribution >= 4 is 5.91 Å². The zero-order valence-corrected chi connectivity index (χ0v) is 15.3. The van der Waals surface area contributed by atoms with Crippen molar-refractivity contribution in [2.45, 2.75) is 75.5 Å². The number of carbonyl (C=O) groups excluding carboxylic acids is 1. The van der Waals surface area contributed by atoms with E-state index < -0.39 is 5.91 Å². The second kappa shape index (κ2) is 6.29. The monoisotopic (exact) mass is 356 g/mol. The van der Waals surface area contributed by atoms with Crippen LogP contribution in [0.2, 0.25) is 0 Å². The van der Waals surface area contributed by atoms with Crippen LogP contribution in [0.1, 0.15) is 66.6 Å². The Bertz CT molecular complexity index is 714. The van der Waals surface area contributed by atoms with E-state index in [0.29, 0.717) is 17.1 Å². The molecule has 1 saturated heterocycles. The van der Waals surface area contributed by atoms with E-state index in [2.05, 4.69) is 14.8 Å². The van der Waals surface area contributed by atoms with Gasteiger partial charge in [0.05, 0.1) is 11.3 Å². The standard InChI is InChI=1S/C20H28N4O2/c25-19(22-26)15-10-14-4-8-23(13-18(14)21-12-15)17-5-9-24(16-2-3-16)20(11-17)6-1-7-20/h10,12,16-17,26H,1-9,11,13H2,(H,22,25)/t17-/m1/s1. The molecule has 2 N–H and O–H groups in total. The summed E-state index contributed by atoms with van der Waals surface area (Å²) in [6.07, 6.45) is 12.1. The van der Waals surface area contributed by atoms with Crippen LogP contribution < -0.4 is 5.48 Å². The molecule has 2 aliphatic heterocycles. The molecular formula is C20H28N4O2. The molecule has 26 heavy (non-hydrogen) atoms. The zero-order chi connectivity index (χ0) is 17.7. The molecule has 3 heterocycles. The van der Waals surface area contributed by atoms with E-state index in [4.69, 9.17) is 5.21 Å². The summed E-state index contributed by atoms with van der Waals surface area (Å²) in [5, 5.41) is 8.81. The minimum atomic E-state index is -0.484. The first-order chi connectivity index (χ1) is 12.7. The van der Waals surface area contributed by atoms with Gasteiger partial charge in [-0.3, -0.25) is 24.8 Å². The van der Waals surface area contributed by atoms with Gasteiger partial charge in [-0.15, -0.1) is 0 Å². The van der Waals surface area contributed by atoms with Crippen molar-refractivity contribution < 1.29 is 10.0 Å². The van der Waals surface area contributed by atoms with Gasteiger partial charge in [0.15, 0.2) is 0 Å². The van der Waals surface area contributed by atoms with Crippen LogP contribution in [-0.4, -0.2) is 56.6 Å². The molecule has 0 radical (unpaired) electrons. The number of aromatic nitrogens is 1. The Labute approximate surface area is 154 Å². The Morgan fingerprint density at radius 1 is 1.23 bits per heavy atom. The molecule has 6 nitrogen and oxygen atoms in total. The minimum absolute atomic E-state index is 0.436. The molecule has 2 saturated carbocycles. The smallest absolute Gasteiger partial charge is 0.276 e. The lowest BCUT2D eigenvalue weighted by Crippen LogP contribution is -2.62. The Morgan fingerprint density at radius 2 is 2.08 bits per heavy atom. The second-order valence-electron chi connectivity index (χ2n) is 8.64. The molecule has 1 spiro atoms. The van der Waals surface area contributed by atoms with Crippen LogP contribution in [0.5, 0.6) is 0 Å². The van der Waals surface area contributed by atoms with E-state index in [-0.39, 0.29) is 0 Å². The molecule has 6 heteroatoms. The van der Waals surface area contributed by atoms with E-state index in [9.17, 15) is 4.79 Å². The number of hydrogen-bond donors (Lipinski definition) is 2. The third-order valence-electron chi connectivity index (χ3n) is 7.16. The molecular weight excluding hydrogens is 328 g/mol. The Balaban J connectivity index is 1.29. The quantitative estimate of drug-likeness (QED) is 0.641. The van der Waals surface area contributed by atoms with E-state index in [0.717, 1.165) is 36.8 Å². The maximum atomic E-state index is 11.6. The number of carbonyl (C=O) groups is 1. The first-order valence-electron chi connectivity index (χ1n) is 10.1. The van der Waals surface area contributed by atoms with Gasteiger partial charge in [-0.25, -0.2) is 5.48 Å². The summed E-state index contributed by atoms with van der Waals surface area (Å²) >= 11 is 0. The lowest BCUT2D eigenvalue weighted by atomic mass is 9.68. The summed E-state index contributed by atoms with van der Waals surface area (Å²) in [7, 11) is 0. The highest BCUT2D eigenvalue weighted by Crippen LogP contribution is 2.50.